The van der Waals surface area contributed by atoms with E-state index in [0.717, 1.165) is 5.56 Å². The van der Waals surface area contributed by atoms with Crippen LogP contribution in [-0.2, 0) is 16.9 Å². The molecule has 0 bridgehead atoms. The highest BCUT2D eigenvalue weighted by atomic mass is 35.5. The molecular formula is C18H22Cl2N4O2S. The smallest absolute Gasteiger partial charge is 0.407 e. The van der Waals surface area contributed by atoms with Crippen molar-refractivity contribution in [2.75, 3.05) is 6.54 Å². The number of carbonyl (C=O) groups is 1. The first-order valence-corrected chi connectivity index (χ1v) is 10.2. The number of rotatable bonds is 7. The van der Waals surface area contributed by atoms with Gasteiger partial charge in [0.15, 0.2) is 5.16 Å². The minimum atomic E-state index is -0.512. The summed E-state index contributed by atoms with van der Waals surface area (Å²) in [5, 5.41) is 4.15. The minimum absolute atomic E-state index is 0.165. The van der Waals surface area contributed by atoms with Crippen molar-refractivity contribution in [2.24, 2.45) is 0 Å². The van der Waals surface area contributed by atoms with Gasteiger partial charge in [0.1, 0.15) is 11.4 Å². The minimum Gasteiger partial charge on any atom is -0.444 e. The number of halogens is 2. The van der Waals surface area contributed by atoms with Crippen molar-refractivity contribution in [2.45, 2.75) is 50.1 Å². The zero-order chi connectivity index (χ0) is 19.9. The molecule has 9 heteroatoms. The number of hydrogen-bond acceptors (Lipinski definition) is 6. The second-order valence-electron chi connectivity index (χ2n) is 6.75. The number of aromatic nitrogens is 3. The van der Waals surface area contributed by atoms with Crippen LogP contribution in [0.15, 0.2) is 29.4 Å². The van der Waals surface area contributed by atoms with Gasteiger partial charge in [0, 0.05) is 23.7 Å². The molecule has 0 unspecified atom stereocenters. The van der Waals surface area contributed by atoms with Gasteiger partial charge in [-0.25, -0.2) is 14.8 Å². The quantitative estimate of drug-likeness (QED) is 0.497. The Bertz CT molecular complexity index is 767. The van der Waals surface area contributed by atoms with Gasteiger partial charge in [0.05, 0.1) is 0 Å². The maximum Gasteiger partial charge on any atom is 0.407 e. The highest BCUT2D eigenvalue weighted by Gasteiger charge is 2.15. The molecule has 0 spiro atoms. The van der Waals surface area contributed by atoms with Crippen molar-refractivity contribution in [3.8, 4) is 0 Å². The Kier molecular flexibility index (Phi) is 8.13. The third-order valence-corrected chi connectivity index (χ3v) is 4.50. The summed E-state index contributed by atoms with van der Waals surface area (Å²) in [6.45, 7) is 5.93. The summed E-state index contributed by atoms with van der Waals surface area (Å²) >= 11 is 13.4. The van der Waals surface area contributed by atoms with E-state index in [4.69, 9.17) is 27.9 Å². The third-order valence-electron chi connectivity index (χ3n) is 3.16. The Balaban J connectivity index is 1.82. The molecule has 1 N–H and O–H groups in total. The SMILES string of the molecule is CC(C)(C)OC(=O)NCCCc1nc(Cl)nc(SCc2ccc(Cl)cc2)n1. The second-order valence-corrected chi connectivity index (χ2v) is 8.47. The monoisotopic (exact) mass is 428 g/mol. The number of alkyl carbamates (subject to hydrolysis) is 1. The number of hydrogen-bond donors (Lipinski definition) is 1. The molecule has 27 heavy (non-hydrogen) atoms. The van der Waals surface area contributed by atoms with Gasteiger partial charge in [-0.05, 0) is 56.5 Å². The molecule has 0 aliphatic heterocycles. The molecule has 0 aliphatic carbocycles. The molecular weight excluding hydrogens is 407 g/mol. The number of benzene rings is 1. The second kappa shape index (κ2) is 10.1. The average Bonchev–Trinajstić information content (AvgIpc) is 2.56. The maximum absolute atomic E-state index is 11.6. The predicted molar refractivity (Wildman–Crippen MR) is 108 cm³/mol. The first-order valence-electron chi connectivity index (χ1n) is 8.46. The number of carbonyl (C=O) groups excluding carboxylic acids is 1. The lowest BCUT2D eigenvalue weighted by molar-refractivity contribution is 0.0527. The standard InChI is InChI=1S/C18H22Cl2N4O2S/c1-18(2,3)26-17(25)21-10-4-5-14-22-15(20)24-16(23-14)27-11-12-6-8-13(19)9-7-12/h6-9H,4-5,10-11H2,1-3H3,(H,21,25). The normalized spacial score (nSPS) is 11.3. The number of ether oxygens (including phenoxy) is 1. The summed E-state index contributed by atoms with van der Waals surface area (Å²) < 4.78 is 5.19. The molecule has 0 radical (unpaired) electrons. The molecule has 0 fully saturated rings. The van der Waals surface area contributed by atoms with Crippen molar-refractivity contribution in [3.63, 3.8) is 0 Å². The highest BCUT2D eigenvalue weighted by Crippen LogP contribution is 2.21. The summed E-state index contributed by atoms with van der Waals surface area (Å²) in [5.74, 6) is 1.30. The molecule has 1 aromatic heterocycles. The molecule has 0 saturated carbocycles. The average molecular weight is 429 g/mol. The number of amides is 1. The van der Waals surface area contributed by atoms with Gasteiger partial charge in [-0.15, -0.1) is 0 Å². The van der Waals surface area contributed by atoms with Gasteiger partial charge < -0.3 is 10.1 Å². The van der Waals surface area contributed by atoms with Crippen LogP contribution >= 0.6 is 35.0 Å². The molecule has 2 aromatic rings. The van der Waals surface area contributed by atoms with E-state index in [9.17, 15) is 4.79 Å². The molecule has 1 aromatic carbocycles. The van der Waals surface area contributed by atoms with E-state index in [2.05, 4.69) is 20.3 Å². The lowest BCUT2D eigenvalue weighted by Gasteiger charge is -2.19. The van der Waals surface area contributed by atoms with Crippen LogP contribution in [0.2, 0.25) is 10.3 Å². The van der Waals surface area contributed by atoms with E-state index in [1.807, 2.05) is 45.0 Å². The number of nitrogens with zero attached hydrogens (tertiary/aromatic N) is 3. The van der Waals surface area contributed by atoms with Gasteiger partial charge >= 0.3 is 6.09 Å². The summed E-state index contributed by atoms with van der Waals surface area (Å²) in [4.78, 5) is 24.3. The molecule has 2 rings (SSSR count). The fourth-order valence-corrected chi connectivity index (χ4v) is 3.19. The van der Waals surface area contributed by atoms with E-state index in [1.165, 1.54) is 11.8 Å². The largest absolute Gasteiger partial charge is 0.444 e. The number of thioether (sulfide) groups is 1. The van der Waals surface area contributed by atoms with Crippen LogP contribution in [0, 0.1) is 0 Å². The van der Waals surface area contributed by atoms with Crippen molar-refractivity contribution >= 4 is 41.1 Å². The Morgan fingerprint density at radius 2 is 1.85 bits per heavy atom. The van der Waals surface area contributed by atoms with Gasteiger partial charge in [-0.3, -0.25) is 0 Å². The van der Waals surface area contributed by atoms with E-state index >= 15 is 0 Å². The first-order chi connectivity index (χ1) is 12.7. The van der Waals surface area contributed by atoms with Gasteiger partial charge in [0.2, 0.25) is 5.28 Å². The van der Waals surface area contributed by atoms with Crippen LogP contribution in [0.1, 0.15) is 38.6 Å². The summed E-state index contributed by atoms with van der Waals surface area (Å²) in [5.41, 5.74) is 0.603. The molecule has 0 atom stereocenters. The Morgan fingerprint density at radius 1 is 1.15 bits per heavy atom. The fraction of sp³-hybridized carbons (Fsp3) is 0.444. The van der Waals surface area contributed by atoms with Crippen LogP contribution < -0.4 is 5.32 Å². The van der Waals surface area contributed by atoms with Gasteiger partial charge in [-0.2, -0.15) is 4.98 Å². The Morgan fingerprint density at radius 3 is 2.52 bits per heavy atom. The van der Waals surface area contributed by atoms with E-state index in [0.29, 0.717) is 41.1 Å². The number of aryl methyl sites for hydroxylation is 1. The fourth-order valence-electron chi connectivity index (χ4n) is 2.03. The third kappa shape index (κ3) is 8.77. The lowest BCUT2D eigenvalue weighted by atomic mass is 10.2. The van der Waals surface area contributed by atoms with Crippen LogP contribution in [0.5, 0.6) is 0 Å². The van der Waals surface area contributed by atoms with Crippen molar-refractivity contribution in [1.29, 1.82) is 0 Å². The molecule has 6 nitrogen and oxygen atoms in total. The summed E-state index contributed by atoms with van der Waals surface area (Å²) in [6, 6.07) is 7.62. The van der Waals surface area contributed by atoms with E-state index < -0.39 is 11.7 Å². The predicted octanol–water partition coefficient (Wildman–Crippen LogP) is 4.93. The van der Waals surface area contributed by atoms with E-state index in [1.54, 1.807) is 0 Å². The van der Waals surface area contributed by atoms with Crippen LogP contribution in [0.3, 0.4) is 0 Å². The van der Waals surface area contributed by atoms with Gasteiger partial charge in [0.25, 0.3) is 0 Å². The van der Waals surface area contributed by atoms with Crippen LogP contribution in [0.25, 0.3) is 0 Å². The lowest BCUT2D eigenvalue weighted by Crippen LogP contribution is -2.33. The van der Waals surface area contributed by atoms with Crippen LogP contribution in [0.4, 0.5) is 4.79 Å². The first kappa shape index (κ1) is 21.7. The topological polar surface area (TPSA) is 77.0 Å². The highest BCUT2D eigenvalue weighted by molar-refractivity contribution is 7.98. The van der Waals surface area contributed by atoms with Crippen molar-refractivity contribution in [1.82, 2.24) is 20.3 Å². The van der Waals surface area contributed by atoms with Crippen molar-refractivity contribution < 1.29 is 9.53 Å². The zero-order valence-electron chi connectivity index (χ0n) is 15.5. The van der Waals surface area contributed by atoms with Crippen molar-refractivity contribution in [3.05, 3.63) is 46.0 Å². The Hall–Kier alpha value is -1.57. The summed E-state index contributed by atoms with van der Waals surface area (Å²) in [6.07, 6.45) is 0.809. The van der Waals surface area contributed by atoms with Crippen LogP contribution in [-0.4, -0.2) is 33.2 Å². The molecule has 0 saturated heterocycles. The van der Waals surface area contributed by atoms with E-state index in [-0.39, 0.29) is 5.28 Å². The molecule has 1 amide bonds. The molecule has 1 heterocycles. The molecule has 146 valence electrons. The Labute approximate surface area is 173 Å². The number of nitrogens with one attached hydrogen (secondary N) is 1. The summed E-state index contributed by atoms with van der Waals surface area (Å²) in [7, 11) is 0. The van der Waals surface area contributed by atoms with Gasteiger partial charge in [-0.1, -0.05) is 35.5 Å². The maximum atomic E-state index is 11.6. The zero-order valence-corrected chi connectivity index (χ0v) is 17.8. The molecule has 0 aliphatic rings.